The molecule has 0 aromatic carbocycles. The van der Waals surface area contributed by atoms with Crippen LogP contribution >= 0.6 is 0 Å². The van der Waals surface area contributed by atoms with Gasteiger partial charge in [0.25, 0.3) is 0 Å². The number of fused-ring (bicyclic) bond motifs is 1. The second-order valence-electron chi connectivity index (χ2n) is 7.18. The van der Waals surface area contributed by atoms with Gasteiger partial charge in [0.1, 0.15) is 6.04 Å². The summed E-state index contributed by atoms with van der Waals surface area (Å²) >= 11 is 0. The van der Waals surface area contributed by atoms with Crippen molar-refractivity contribution in [1.29, 1.82) is 0 Å². The van der Waals surface area contributed by atoms with E-state index in [0.29, 0.717) is 19.6 Å². The average molecular weight is 362 g/mol. The summed E-state index contributed by atoms with van der Waals surface area (Å²) in [7, 11) is 1.86. The fraction of sp³-hybridized carbons (Fsp3) is 0.647. The lowest BCUT2D eigenvalue weighted by Gasteiger charge is -2.42. The topological polar surface area (TPSA) is 99.6 Å². The molecule has 3 atom stereocenters. The van der Waals surface area contributed by atoms with Crippen molar-refractivity contribution in [3.63, 3.8) is 0 Å². The largest absolute Gasteiger partial charge is 0.354 e. The number of carbonyl (C=O) groups excluding carboxylic acids is 3. The Morgan fingerprint density at radius 1 is 1.27 bits per heavy atom. The Balaban J connectivity index is 1.76. The van der Waals surface area contributed by atoms with Crippen molar-refractivity contribution < 1.29 is 14.4 Å². The fourth-order valence-corrected chi connectivity index (χ4v) is 3.92. The highest BCUT2D eigenvalue weighted by atomic mass is 16.2. The molecule has 3 rings (SSSR count). The van der Waals surface area contributed by atoms with Crippen LogP contribution in [-0.2, 0) is 28.0 Å². The zero-order valence-electron chi connectivity index (χ0n) is 15.4. The van der Waals surface area contributed by atoms with Gasteiger partial charge in [-0.15, -0.1) is 0 Å². The molecule has 26 heavy (non-hydrogen) atoms. The van der Waals surface area contributed by atoms with Crippen molar-refractivity contribution in [1.82, 2.24) is 30.2 Å². The number of hydrogen-bond acceptors (Lipinski definition) is 5. The molecule has 3 amide bonds. The smallest absolute Gasteiger partial charge is 0.242 e. The summed E-state index contributed by atoms with van der Waals surface area (Å²) in [5, 5.41) is 9.88. The van der Waals surface area contributed by atoms with Crippen molar-refractivity contribution in [2.24, 2.45) is 7.05 Å². The maximum Gasteiger partial charge on any atom is 0.242 e. The summed E-state index contributed by atoms with van der Waals surface area (Å²) in [5.41, 5.74) is 1.03. The van der Waals surface area contributed by atoms with Crippen LogP contribution in [0.5, 0.6) is 0 Å². The molecular weight excluding hydrogens is 336 g/mol. The van der Waals surface area contributed by atoms with Crippen LogP contribution in [-0.4, -0.2) is 75.1 Å². The van der Waals surface area contributed by atoms with Crippen LogP contribution in [0.15, 0.2) is 12.4 Å². The van der Waals surface area contributed by atoms with Gasteiger partial charge in [0.05, 0.1) is 6.20 Å². The number of nitrogens with one attached hydrogen (secondary N) is 2. The lowest BCUT2D eigenvalue weighted by molar-refractivity contribution is -0.144. The molecule has 1 aromatic heterocycles. The summed E-state index contributed by atoms with van der Waals surface area (Å²) in [5.74, 6) is -0.227. The number of piperazine rings is 1. The predicted molar refractivity (Wildman–Crippen MR) is 93.8 cm³/mol. The second-order valence-corrected chi connectivity index (χ2v) is 7.18. The maximum absolute atomic E-state index is 13.1. The molecule has 0 saturated carbocycles. The van der Waals surface area contributed by atoms with E-state index in [2.05, 4.69) is 20.6 Å². The molecule has 9 nitrogen and oxygen atoms in total. The third-order valence-electron chi connectivity index (χ3n) is 4.96. The molecule has 142 valence electrons. The lowest BCUT2D eigenvalue weighted by atomic mass is 10.0. The van der Waals surface area contributed by atoms with Crippen molar-refractivity contribution in [3.8, 4) is 0 Å². The van der Waals surface area contributed by atoms with E-state index in [1.807, 2.05) is 18.1 Å². The molecule has 2 N–H and O–H groups in total. The first-order valence-electron chi connectivity index (χ1n) is 8.87. The molecule has 0 bridgehead atoms. The molecular formula is C17H26N6O3. The molecule has 0 aliphatic carbocycles. The number of aryl methyl sites for hydroxylation is 1. The van der Waals surface area contributed by atoms with E-state index in [1.165, 1.54) is 13.8 Å². The molecule has 2 fully saturated rings. The van der Waals surface area contributed by atoms with Crippen molar-refractivity contribution in [3.05, 3.63) is 18.0 Å². The van der Waals surface area contributed by atoms with E-state index in [-0.39, 0.29) is 36.3 Å². The third kappa shape index (κ3) is 4.04. The molecule has 0 radical (unpaired) electrons. The van der Waals surface area contributed by atoms with E-state index in [0.717, 1.165) is 12.0 Å². The van der Waals surface area contributed by atoms with Gasteiger partial charge in [-0.25, -0.2) is 0 Å². The van der Waals surface area contributed by atoms with Gasteiger partial charge in [-0.05, 0) is 6.42 Å². The summed E-state index contributed by atoms with van der Waals surface area (Å²) in [4.78, 5) is 39.7. The van der Waals surface area contributed by atoms with Gasteiger partial charge in [-0.2, -0.15) is 5.10 Å². The second kappa shape index (κ2) is 7.45. The zero-order chi connectivity index (χ0) is 18.8. The molecule has 0 spiro atoms. The quantitative estimate of drug-likeness (QED) is 0.689. The monoisotopic (exact) mass is 362 g/mol. The number of rotatable bonds is 5. The van der Waals surface area contributed by atoms with E-state index in [4.69, 9.17) is 0 Å². The minimum atomic E-state index is -0.411. The van der Waals surface area contributed by atoms with E-state index in [9.17, 15) is 14.4 Å². The van der Waals surface area contributed by atoms with Crippen molar-refractivity contribution in [2.45, 2.75) is 44.9 Å². The van der Waals surface area contributed by atoms with Gasteiger partial charge in [0.2, 0.25) is 17.7 Å². The Bertz CT molecular complexity index is 702. The first kappa shape index (κ1) is 18.4. The SMILES string of the molecule is CC(=O)NC[C@H]1C(=O)N2C[C@@H](NC(C)=O)C[C@H]2CN1Cc1cnn(C)c1. The number of nitrogens with zero attached hydrogens (tertiary/aromatic N) is 4. The zero-order valence-corrected chi connectivity index (χ0v) is 15.4. The van der Waals surface area contributed by atoms with Gasteiger partial charge in [-0.3, -0.25) is 24.0 Å². The highest BCUT2D eigenvalue weighted by Gasteiger charge is 2.45. The van der Waals surface area contributed by atoms with Crippen molar-refractivity contribution >= 4 is 17.7 Å². The molecule has 2 saturated heterocycles. The Morgan fingerprint density at radius 2 is 2.04 bits per heavy atom. The number of carbonyl (C=O) groups is 3. The number of hydrogen-bond donors (Lipinski definition) is 2. The van der Waals surface area contributed by atoms with E-state index >= 15 is 0 Å². The lowest BCUT2D eigenvalue weighted by Crippen LogP contribution is -2.62. The third-order valence-corrected chi connectivity index (χ3v) is 4.96. The Labute approximate surface area is 152 Å². The minimum absolute atomic E-state index is 0.00624. The Morgan fingerprint density at radius 3 is 2.65 bits per heavy atom. The van der Waals surface area contributed by atoms with Crippen LogP contribution in [0, 0.1) is 0 Å². The maximum atomic E-state index is 13.1. The van der Waals surface area contributed by atoms with Gasteiger partial charge < -0.3 is 15.5 Å². The van der Waals surface area contributed by atoms with Gasteiger partial charge >= 0.3 is 0 Å². The van der Waals surface area contributed by atoms with Gasteiger partial charge in [0, 0.05) is 70.9 Å². The number of aromatic nitrogens is 2. The highest BCUT2D eigenvalue weighted by molar-refractivity contribution is 5.85. The minimum Gasteiger partial charge on any atom is -0.354 e. The van der Waals surface area contributed by atoms with E-state index < -0.39 is 6.04 Å². The summed E-state index contributed by atoms with van der Waals surface area (Å²) < 4.78 is 1.73. The van der Waals surface area contributed by atoms with E-state index in [1.54, 1.807) is 10.9 Å². The normalized spacial score (nSPS) is 25.9. The summed E-state index contributed by atoms with van der Waals surface area (Å²) in [6.45, 7) is 5.06. The summed E-state index contributed by atoms with van der Waals surface area (Å²) in [6, 6.07) is -0.350. The molecule has 9 heteroatoms. The molecule has 2 aliphatic heterocycles. The molecule has 3 heterocycles. The fourth-order valence-electron chi connectivity index (χ4n) is 3.92. The van der Waals surface area contributed by atoms with Gasteiger partial charge in [0.15, 0.2) is 0 Å². The first-order valence-corrected chi connectivity index (χ1v) is 8.87. The average Bonchev–Trinajstić information content (AvgIpc) is 3.12. The standard InChI is InChI=1S/C17H26N6O3/c1-11(24)18-6-16-17(26)23-9-14(20-12(2)25)4-15(23)10-22(16)8-13-5-19-21(3)7-13/h5,7,14-16H,4,6,8-10H2,1-3H3,(H,18,24)(H,20,25)/t14-,15-,16-/m0/s1. The van der Waals surface area contributed by atoms with Crippen LogP contribution < -0.4 is 10.6 Å². The van der Waals surface area contributed by atoms with Crippen molar-refractivity contribution in [2.75, 3.05) is 19.6 Å². The van der Waals surface area contributed by atoms with Gasteiger partial charge in [-0.1, -0.05) is 0 Å². The van der Waals surface area contributed by atoms with Crippen LogP contribution in [0.25, 0.3) is 0 Å². The number of amides is 3. The van der Waals surface area contributed by atoms with Crippen LogP contribution in [0.3, 0.4) is 0 Å². The molecule has 0 unspecified atom stereocenters. The molecule has 1 aromatic rings. The van der Waals surface area contributed by atoms with Crippen LogP contribution in [0.2, 0.25) is 0 Å². The van der Waals surface area contributed by atoms with Crippen LogP contribution in [0.4, 0.5) is 0 Å². The van der Waals surface area contributed by atoms with Crippen LogP contribution in [0.1, 0.15) is 25.8 Å². The first-order chi connectivity index (χ1) is 12.3. The Hall–Kier alpha value is -2.42. The highest BCUT2D eigenvalue weighted by Crippen LogP contribution is 2.27. The summed E-state index contributed by atoms with van der Waals surface area (Å²) in [6.07, 6.45) is 4.48. The molecule has 2 aliphatic rings. The predicted octanol–water partition coefficient (Wildman–Crippen LogP) is -1.15. The Kier molecular flexibility index (Phi) is 5.26.